The van der Waals surface area contributed by atoms with Crippen molar-refractivity contribution in [1.29, 1.82) is 0 Å². The van der Waals surface area contributed by atoms with E-state index in [1.807, 2.05) is 13.8 Å². The molecule has 1 saturated heterocycles. The highest BCUT2D eigenvalue weighted by atomic mass is 16.7. The molecule has 0 amide bonds. The van der Waals surface area contributed by atoms with E-state index in [1.165, 1.54) is 6.92 Å². The lowest BCUT2D eigenvalue weighted by Gasteiger charge is -2.55. The molecule has 0 unspecified atom stereocenters. The van der Waals surface area contributed by atoms with Crippen LogP contribution in [0.25, 0.3) is 0 Å². The summed E-state index contributed by atoms with van der Waals surface area (Å²) in [5.41, 5.74) is -0.832. The third-order valence-electron chi connectivity index (χ3n) is 7.68. The molecule has 3 fully saturated rings. The highest BCUT2D eigenvalue weighted by molar-refractivity contribution is 5.93. The fraction of sp³-hybridized carbons (Fsp3) is 0.682. The minimum Gasteiger partial charge on any atom is -0.462 e. The average molecular weight is 420 g/mol. The normalized spacial score (nSPS) is 44.5. The van der Waals surface area contributed by atoms with Gasteiger partial charge in [-0.2, -0.15) is 0 Å². The van der Waals surface area contributed by atoms with E-state index in [9.17, 15) is 19.5 Å². The van der Waals surface area contributed by atoms with Gasteiger partial charge in [-0.25, -0.2) is 9.59 Å². The average Bonchev–Trinajstić information content (AvgIpc) is 3.30. The summed E-state index contributed by atoms with van der Waals surface area (Å²) in [6, 6.07) is 0. The Balaban J connectivity index is 1.86. The number of hydrogen-bond acceptors (Lipinski definition) is 8. The Morgan fingerprint density at radius 3 is 2.53 bits per heavy atom. The number of carbonyl (C=O) groups is 3. The molecule has 4 rings (SSSR count). The molecule has 8 nitrogen and oxygen atoms in total. The van der Waals surface area contributed by atoms with Crippen molar-refractivity contribution >= 4 is 17.9 Å². The molecule has 0 aromatic heterocycles. The summed E-state index contributed by atoms with van der Waals surface area (Å²) in [6.45, 7) is 10.1. The molecular weight excluding hydrogens is 392 g/mol. The molecule has 2 aliphatic heterocycles. The van der Waals surface area contributed by atoms with Crippen LogP contribution < -0.4 is 0 Å². The number of carbonyl (C=O) groups excluding carboxylic acids is 3. The first-order valence-electron chi connectivity index (χ1n) is 10.3. The molecule has 2 heterocycles. The highest BCUT2D eigenvalue weighted by Gasteiger charge is 2.82. The van der Waals surface area contributed by atoms with Crippen molar-refractivity contribution < 1.29 is 38.4 Å². The minimum absolute atomic E-state index is 0.0490. The maximum Gasteiger partial charge on any atom is 0.336 e. The molecule has 2 saturated carbocycles. The van der Waals surface area contributed by atoms with Gasteiger partial charge in [0, 0.05) is 42.2 Å². The van der Waals surface area contributed by atoms with Crippen molar-refractivity contribution in [2.45, 2.75) is 84.1 Å². The SMILES string of the molecule is C/C=C(/C)C(=O)O[C@@H]1C2=C(C)C(=O)O[C@]2(O)C[C@@]23O[C@@H]2C[C@H](OC(C)=O)[C@H](C)[C@@]13C. The van der Waals surface area contributed by atoms with Gasteiger partial charge >= 0.3 is 17.9 Å². The second-order valence-corrected chi connectivity index (χ2v) is 9.10. The van der Waals surface area contributed by atoms with E-state index < -0.39 is 46.9 Å². The molecule has 164 valence electrons. The van der Waals surface area contributed by atoms with Crippen molar-refractivity contribution in [2.75, 3.05) is 0 Å². The van der Waals surface area contributed by atoms with Crippen LogP contribution in [0.15, 0.2) is 22.8 Å². The lowest BCUT2D eigenvalue weighted by atomic mass is 9.51. The molecule has 1 N–H and O–H groups in total. The summed E-state index contributed by atoms with van der Waals surface area (Å²) < 4.78 is 23.0. The van der Waals surface area contributed by atoms with Gasteiger partial charge in [0.05, 0.1) is 11.7 Å². The van der Waals surface area contributed by atoms with E-state index in [1.54, 1.807) is 26.8 Å². The number of esters is 3. The molecule has 4 aliphatic rings. The topological polar surface area (TPSA) is 112 Å². The van der Waals surface area contributed by atoms with Crippen LogP contribution in [-0.2, 0) is 33.3 Å². The van der Waals surface area contributed by atoms with E-state index >= 15 is 0 Å². The number of fused-ring (bicyclic) bond motifs is 1. The van der Waals surface area contributed by atoms with Gasteiger partial charge in [-0.15, -0.1) is 0 Å². The quantitative estimate of drug-likeness (QED) is 0.319. The summed E-state index contributed by atoms with van der Waals surface area (Å²) in [6.07, 6.45) is 0.415. The summed E-state index contributed by atoms with van der Waals surface area (Å²) in [7, 11) is 0. The molecule has 30 heavy (non-hydrogen) atoms. The second-order valence-electron chi connectivity index (χ2n) is 9.10. The summed E-state index contributed by atoms with van der Waals surface area (Å²) >= 11 is 0. The molecule has 2 aliphatic carbocycles. The van der Waals surface area contributed by atoms with Gasteiger partial charge < -0.3 is 24.1 Å². The Labute approximate surface area is 175 Å². The first-order valence-corrected chi connectivity index (χ1v) is 10.3. The molecule has 0 bridgehead atoms. The molecule has 8 heteroatoms. The summed E-state index contributed by atoms with van der Waals surface area (Å²) in [4.78, 5) is 36.8. The largest absolute Gasteiger partial charge is 0.462 e. The Morgan fingerprint density at radius 2 is 1.93 bits per heavy atom. The van der Waals surface area contributed by atoms with Gasteiger partial charge in [-0.05, 0) is 20.8 Å². The van der Waals surface area contributed by atoms with Gasteiger partial charge in [0.15, 0.2) is 0 Å². The zero-order valence-corrected chi connectivity index (χ0v) is 18.1. The van der Waals surface area contributed by atoms with Crippen LogP contribution in [0.2, 0.25) is 0 Å². The molecule has 0 radical (unpaired) electrons. The van der Waals surface area contributed by atoms with Gasteiger partial charge in [0.2, 0.25) is 5.79 Å². The second kappa shape index (κ2) is 6.40. The zero-order valence-electron chi connectivity index (χ0n) is 18.1. The highest BCUT2D eigenvalue weighted by Crippen LogP contribution is 2.71. The monoisotopic (exact) mass is 420 g/mol. The number of rotatable bonds is 3. The Morgan fingerprint density at radius 1 is 1.27 bits per heavy atom. The first kappa shape index (κ1) is 21.1. The number of aliphatic hydroxyl groups is 1. The predicted molar refractivity (Wildman–Crippen MR) is 103 cm³/mol. The summed E-state index contributed by atoms with van der Waals surface area (Å²) in [5, 5.41) is 11.3. The summed E-state index contributed by atoms with van der Waals surface area (Å²) in [5.74, 6) is -3.76. The number of ether oxygens (including phenoxy) is 4. The maximum atomic E-state index is 12.8. The van der Waals surface area contributed by atoms with Gasteiger partial charge in [0.1, 0.15) is 17.8 Å². The molecule has 1 spiro atoms. The van der Waals surface area contributed by atoms with Crippen LogP contribution in [0.5, 0.6) is 0 Å². The van der Waals surface area contributed by atoms with Crippen molar-refractivity contribution in [3.63, 3.8) is 0 Å². The molecule has 0 aromatic carbocycles. The first-order chi connectivity index (χ1) is 13.9. The van der Waals surface area contributed by atoms with Crippen LogP contribution >= 0.6 is 0 Å². The van der Waals surface area contributed by atoms with E-state index in [0.29, 0.717) is 12.0 Å². The van der Waals surface area contributed by atoms with Crippen LogP contribution in [0, 0.1) is 11.3 Å². The molecular formula is C22H28O8. The fourth-order valence-electron chi connectivity index (χ4n) is 5.66. The smallest absolute Gasteiger partial charge is 0.336 e. The van der Waals surface area contributed by atoms with Crippen LogP contribution in [0.3, 0.4) is 0 Å². The third kappa shape index (κ3) is 2.56. The maximum absolute atomic E-state index is 12.8. The van der Waals surface area contributed by atoms with Crippen LogP contribution in [0.1, 0.15) is 54.4 Å². The van der Waals surface area contributed by atoms with E-state index in [-0.39, 0.29) is 29.6 Å². The zero-order chi connectivity index (χ0) is 22.2. The minimum atomic E-state index is -1.89. The van der Waals surface area contributed by atoms with Gasteiger partial charge in [0.25, 0.3) is 0 Å². The predicted octanol–water partition coefficient (Wildman–Crippen LogP) is 1.95. The Kier molecular flexibility index (Phi) is 4.50. The van der Waals surface area contributed by atoms with Crippen molar-refractivity contribution in [3.05, 3.63) is 22.8 Å². The van der Waals surface area contributed by atoms with Gasteiger partial charge in [-0.1, -0.05) is 19.9 Å². The Bertz CT molecular complexity index is 903. The van der Waals surface area contributed by atoms with Crippen LogP contribution in [-0.4, -0.2) is 52.7 Å². The lowest BCUT2D eigenvalue weighted by molar-refractivity contribution is -0.232. The lowest BCUT2D eigenvalue weighted by Crippen LogP contribution is -2.66. The number of hydrogen-bond donors (Lipinski definition) is 1. The number of epoxide rings is 1. The van der Waals surface area contributed by atoms with Gasteiger partial charge in [-0.3, -0.25) is 4.79 Å². The van der Waals surface area contributed by atoms with Crippen molar-refractivity contribution in [2.24, 2.45) is 11.3 Å². The van der Waals surface area contributed by atoms with E-state index in [0.717, 1.165) is 0 Å². The number of allylic oxidation sites excluding steroid dienone is 1. The third-order valence-corrected chi connectivity index (χ3v) is 7.68. The van der Waals surface area contributed by atoms with Crippen LogP contribution in [0.4, 0.5) is 0 Å². The van der Waals surface area contributed by atoms with Crippen molar-refractivity contribution in [3.8, 4) is 0 Å². The van der Waals surface area contributed by atoms with E-state index in [4.69, 9.17) is 18.9 Å². The fourth-order valence-corrected chi connectivity index (χ4v) is 5.66. The Hall–Kier alpha value is -2.19. The van der Waals surface area contributed by atoms with E-state index in [2.05, 4.69) is 0 Å². The standard InChI is InChI=1S/C22H28O8/c1-7-10(2)18(24)28-17-16-11(3)19(25)30-22(16,26)9-21-15(29-21)8-14(27-13(5)23)12(4)20(17,21)6/h7,12,14-15,17,26H,8-9H2,1-6H3/b10-7-/t12-,14-,15+,17+,20-,21+,22+/m0/s1. The molecule has 7 atom stereocenters. The van der Waals surface area contributed by atoms with Crippen molar-refractivity contribution in [1.82, 2.24) is 0 Å². The molecule has 0 aromatic rings.